The molecule has 0 fully saturated rings. The van der Waals surface area contributed by atoms with Crippen LogP contribution in [0.1, 0.15) is 18.9 Å². The normalized spacial score (nSPS) is 14.7. The van der Waals surface area contributed by atoms with E-state index in [2.05, 4.69) is 0 Å². The molecule has 0 aliphatic rings. The van der Waals surface area contributed by atoms with E-state index in [-0.39, 0.29) is 11.3 Å². The quantitative estimate of drug-likeness (QED) is 0.794. The van der Waals surface area contributed by atoms with E-state index in [0.29, 0.717) is 13.0 Å². The van der Waals surface area contributed by atoms with Crippen molar-refractivity contribution in [3.05, 3.63) is 29.6 Å². The van der Waals surface area contributed by atoms with Crippen LogP contribution in [0.15, 0.2) is 18.2 Å². The van der Waals surface area contributed by atoms with Gasteiger partial charge in [-0.15, -0.1) is 0 Å². The predicted octanol–water partition coefficient (Wildman–Crippen LogP) is 1.39. The fourth-order valence-corrected chi connectivity index (χ4v) is 1.50. The van der Waals surface area contributed by atoms with Gasteiger partial charge in [0.25, 0.3) is 0 Å². The third kappa shape index (κ3) is 2.46. The molecule has 0 radical (unpaired) electrons. The van der Waals surface area contributed by atoms with Crippen molar-refractivity contribution in [2.24, 2.45) is 5.73 Å². The zero-order chi connectivity index (χ0) is 11.5. The lowest BCUT2D eigenvalue weighted by Gasteiger charge is -2.24. The first-order valence-electron chi connectivity index (χ1n) is 4.78. The first-order valence-corrected chi connectivity index (χ1v) is 4.78. The van der Waals surface area contributed by atoms with Crippen LogP contribution in [-0.2, 0) is 5.60 Å². The van der Waals surface area contributed by atoms with E-state index in [1.807, 2.05) is 0 Å². The molecule has 0 aliphatic carbocycles. The van der Waals surface area contributed by atoms with Gasteiger partial charge in [0.05, 0.1) is 12.7 Å². The van der Waals surface area contributed by atoms with Crippen LogP contribution in [-0.4, -0.2) is 18.8 Å². The molecule has 1 unspecified atom stereocenters. The zero-order valence-electron chi connectivity index (χ0n) is 8.96. The largest absolute Gasteiger partial charge is 0.494 e. The summed E-state index contributed by atoms with van der Waals surface area (Å²) >= 11 is 0. The highest BCUT2D eigenvalue weighted by Gasteiger charge is 2.27. The van der Waals surface area contributed by atoms with Crippen LogP contribution in [0.2, 0.25) is 0 Å². The highest BCUT2D eigenvalue weighted by molar-refractivity contribution is 5.34. The van der Waals surface area contributed by atoms with Crippen LogP contribution < -0.4 is 10.5 Å². The monoisotopic (exact) mass is 213 g/mol. The molecule has 1 rings (SSSR count). The van der Waals surface area contributed by atoms with Crippen molar-refractivity contribution < 1.29 is 14.2 Å². The van der Waals surface area contributed by atoms with Crippen LogP contribution in [0.25, 0.3) is 0 Å². The Hall–Kier alpha value is -1.13. The van der Waals surface area contributed by atoms with Crippen LogP contribution >= 0.6 is 0 Å². The molecular weight excluding hydrogens is 197 g/mol. The molecule has 3 N–H and O–H groups in total. The molecule has 0 aliphatic heterocycles. The smallest absolute Gasteiger partial charge is 0.171 e. The van der Waals surface area contributed by atoms with Gasteiger partial charge in [0.15, 0.2) is 11.6 Å². The second-order valence-electron chi connectivity index (χ2n) is 3.63. The minimum atomic E-state index is -1.26. The van der Waals surface area contributed by atoms with Crippen molar-refractivity contribution in [2.75, 3.05) is 13.7 Å². The number of rotatable bonds is 4. The van der Waals surface area contributed by atoms with Crippen molar-refractivity contribution in [1.29, 1.82) is 0 Å². The van der Waals surface area contributed by atoms with Gasteiger partial charge < -0.3 is 15.6 Å². The molecular formula is C11H16FNO2. The van der Waals surface area contributed by atoms with Gasteiger partial charge >= 0.3 is 0 Å². The molecule has 4 heteroatoms. The maximum Gasteiger partial charge on any atom is 0.171 e. The molecule has 3 nitrogen and oxygen atoms in total. The molecule has 1 atom stereocenters. The molecule has 0 amide bonds. The van der Waals surface area contributed by atoms with Crippen molar-refractivity contribution in [2.45, 2.75) is 18.9 Å². The Morgan fingerprint density at radius 1 is 1.53 bits per heavy atom. The lowest BCUT2D eigenvalue weighted by Crippen LogP contribution is -2.26. The number of benzene rings is 1. The van der Waals surface area contributed by atoms with Gasteiger partial charge in [0.1, 0.15) is 0 Å². The molecule has 84 valence electrons. The second-order valence-corrected chi connectivity index (χ2v) is 3.63. The van der Waals surface area contributed by atoms with E-state index in [4.69, 9.17) is 10.5 Å². The first-order chi connectivity index (χ1) is 7.03. The average molecular weight is 213 g/mol. The van der Waals surface area contributed by atoms with Crippen LogP contribution in [0.5, 0.6) is 5.75 Å². The zero-order valence-corrected chi connectivity index (χ0v) is 8.96. The summed E-state index contributed by atoms with van der Waals surface area (Å²) in [5.41, 5.74) is 4.32. The number of hydrogen-bond donors (Lipinski definition) is 2. The van der Waals surface area contributed by atoms with Crippen molar-refractivity contribution >= 4 is 0 Å². The summed E-state index contributed by atoms with van der Waals surface area (Å²) in [6, 6.07) is 4.69. The summed E-state index contributed by atoms with van der Waals surface area (Å²) < 4.78 is 18.6. The number of methoxy groups -OCH3 is 1. The summed E-state index contributed by atoms with van der Waals surface area (Å²) in [6.07, 6.45) is 0.303. The number of hydrogen-bond acceptors (Lipinski definition) is 3. The molecule has 0 saturated carbocycles. The standard InChI is InChI=1S/C11H16FNO2/c1-11(14,6-7-13)8-4-3-5-9(15-2)10(8)12/h3-5,14H,6-7,13H2,1-2H3. The fourth-order valence-electron chi connectivity index (χ4n) is 1.50. The van der Waals surface area contributed by atoms with Gasteiger partial charge in [-0.05, 0) is 26.0 Å². The number of halogens is 1. The van der Waals surface area contributed by atoms with Gasteiger partial charge in [-0.25, -0.2) is 4.39 Å². The van der Waals surface area contributed by atoms with Crippen molar-refractivity contribution in [1.82, 2.24) is 0 Å². The maximum atomic E-state index is 13.8. The Morgan fingerprint density at radius 3 is 2.73 bits per heavy atom. The number of nitrogens with two attached hydrogens (primary N) is 1. The molecule has 15 heavy (non-hydrogen) atoms. The fraction of sp³-hybridized carbons (Fsp3) is 0.455. The summed E-state index contributed by atoms with van der Waals surface area (Å²) in [5, 5.41) is 10.0. The Kier molecular flexibility index (Phi) is 3.66. The van der Waals surface area contributed by atoms with Crippen LogP contribution in [0, 0.1) is 5.82 Å². The SMILES string of the molecule is COc1cccc(C(C)(O)CCN)c1F. The summed E-state index contributed by atoms with van der Waals surface area (Å²) in [5.74, 6) is -0.400. The third-order valence-corrected chi connectivity index (χ3v) is 2.39. The Balaban J connectivity index is 3.14. The third-order valence-electron chi connectivity index (χ3n) is 2.39. The lowest BCUT2D eigenvalue weighted by molar-refractivity contribution is 0.0462. The molecule has 0 heterocycles. The minimum absolute atomic E-state index is 0.129. The van der Waals surface area contributed by atoms with E-state index in [0.717, 1.165) is 0 Å². The van der Waals surface area contributed by atoms with E-state index < -0.39 is 11.4 Å². The summed E-state index contributed by atoms with van der Waals surface area (Å²) in [7, 11) is 1.39. The van der Waals surface area contributed by atoms with Gasteiger partial charge in [0.2, 0.25) is 0 Å². The molecule has 0 bridgehead atoms. The molecule has 0 aromatic heterocycles. The topological polar surface area (TPSA) is 55.5 Å². The van der Waals surface area contributed by atoms with Crippen molar-refractivity contribution in [3.8, 4) is 5.75 Å². The molecule has 0 saturated heterocycles. The molecule has 0 spiro atoms. The highest BCUT2D eigenvalue weighted by Crippen LogP contribution is 2.30. The Labute approximate surface area is 88.7 Å². The Bertz CT molecular complexity index is 339. The van der Waals surface area contributed by atoms with Gasteiger partial charge in [-0.3, -0.25) is 0 Å². The average Bonchev–Trinajstić information content (AvgIpc) is 2.17. The van der Waals surface area contributed by atoms with E-state index in [9.17, 15) is 9.50 Å². The maximum absolute atomic E-state index is 13.8. The van der Waals surface area contributed by atoms with Gasteiger partial charge in [-0.2, -0.15) is 0 Å². The van der Waals surface area contributed by atoms with Crippen molar-refractivity contribution in [3.63, 3.8) is 0 Å². The number of ether oxygens (including phenoxy) is 1. The van der Waals surface area contributed by atoms with E-state index in [1.54, 1.807) is 6.07 Å². The first kappa shape index (κ1) is 11.9. The van der Waals surface area contributed by atoms with E-state index in [1.165, 1.54) is 26.2 Å². The molecule has 1 aromatic carbocycles. The van der Waals surface area contributed by atoms with Crippen LogP contribution in [0.4, 0.5) is 4.39 Å². The lowest BCUT2D eigenvalue weighted by atomic mass is 9.92. The summed E-state index contributed by atoms with van der Waals surface area (Å²) in [4.78, 5) is 0. The highest BCUT2D eigenvalue weighted by atomic mass is 19.1. The van der Waals surface area contributed by atoms with Crippen LogP contribution in [0.3, 0.4) is 0 Å². The summed E-state index contributed by atoms with van der Waals surface area (Å²) in [6.45, 7) is 1.83. The number of aliphatic hydroxyl groups is 1. The second kappa shape index (κ2) is 4.59. The van der Waals surface area contributed by atoms with Gasteiger partial charge in [-0.1, -0.05) is 12.1 Å². The Morgan fingerprint density at radius 2 is 2.20 bits per heavy atom. The predicted molar refractivity (Wildman–Crippen MR) is 56.2 cm³/mol. The molecule has 1 aromatic rings. The minimum Gasteiger partial charge on any atom is -0.494 e. The van der Waals surface area contributed by atoms with Gasteiger partial charge in [0, 0.05) is 5.56 Å². The van der Waals surface area contributed by atoms with E-state index >= 15 is 0 Å².